The van der Waals surface area contributed by atoms with Gasteiger partial charge < -0.3 is 0 Å². The SMILES string of the molecule is NNC(CCc1cccs1)C1CCS(=O)(=O)C1. The number of rotatable bonds is 5. The summed E-state index contributed by atoms with van der Waals surface area (Å²) in [4.78, 5) is 1.33. The van der Waals surface area contributed by atoms with Crippen LogP contribution >= 0.6 is 11.3 Å². The Hall–Kier alpha value is -0.430. The first-order chi connectivity index (χ1) is 8.11. The Bertz CT molecular complexity index is 442. The van der Waals surface area contributed by atoms with Gasteiger partial charge in [0.1, 0.15) is 0 Å². The van der Waals surface area contributed by atoms with E-state index >= 15 is 0 Å². The first-order valence-electron chi connectivity index (χ1n) is 5.79. The number of nitrogens with one attached hydrogen (secondary N) is 1. The highest BCUT2D eigenvalue weighted by Crippen LogP contribution is 2.24. The molecular weight excluding hydrogens is 256 g/mol. The number of hydrazine groups is 1. The van der Waals surface area contributed by atoms with Crippen LogP contribution in [-0.2, 0) is 16.3 Å². The molecule has 3 N–H and O–H groups in total. The van der Waals surface area contributed by atoms with E-state index in [1.807, 2.05) is 6.07 Å². The summed E-state index contributed by atoms with van der Waals surface area (Å²) in [7, 11) is -2.82. The van der Waals surface area contributed by atoms with E-state index in [0.717, 1.165) is 19.3 Å². The minimum atomic E-state index is -2.82. The smallest absolute Gasteiger partial charge is 0.150 e. The summed E-state index contributed by atoms with van der Waals surface area (Å²) in [5.74, 6) is 6.31. The number of nitrogens with two attached hydrogens (primary N) is 1. The van der Waals surface area contributed by atoms with Crippen LogP contribution in [0, 0.1) is 5.92 Å². The fourth-order valence-corrected chi connectivity index (χ4v) is 4.95. The third kappa shape index (κ3) is 3.51. The van der Waals surface area contributed by atoms with Crippen molar-refractivity contribution in [1.82, 2.24) is 5.43 Å². The van der Waals surface area contributed by atoms with Gasteiger partial charge in [-0.05, 0) is 36.6 Å². The van der Waals surface area contributed by atoms with Crippen molar-refractivity contribution in [2.75, 3.05) is 11.5 Å². The van der Waals surface area contributed by atoms with Crippen molar-refractivity contribution in [2.45, 2.75) is 25.3 Å². The first-order valence-corrected chi connectivity index (χ1v) is 8.50. The van der Waals surface area contributed by atoms with Crippen LogP contribution in [-0.4, -0.2) is 26.0 Å². The monoisotopic (exact) mass is 274 g/mol. The minimum absolute atomic E-state index is 0.106. The molecule has 0 radical (unpaired) electrons. The molecular formula is C11H18N2O2S2. The maximum absolute atomic E-state index is 11.4. The minimum Gasteiger partial charge on any atom is -0.271 e. The van der Waals surface area contributed by atoms with Gasteiger partial charge in [-0.1, -0.05) is 6.07 Å². The molecule has 1 aliphatic heterocycles. The summed E-state index contributed by atoms with van der Waals surface area (Å²) in [6, 6.07) is 4.24. The van der Waals surface area contributed by atoms with Gasteiger partial charge in [-0.3, -0.25) is 11.3 Å². The Labute approximate surface area is 106 Å². The standard InChI is InChI=1S/C11H18N2O2S2/c12-13-11(4-3-10-2-1-6-16-10)9-5-7-17(14,15)8-9/h1-2,6,9,11,13H,3-5,7-8,12H2. The largest absolute Gasteiger partial charge is 0.271 e. The lowest BCUT2D eigenvalue weighted by Crippen LogP contribution is -2.41. The van der Waals surface area contributed by atoms with Gasteiger partial charge >= 0.3 is 0 Å². The van der Waals surface area contributed by atoms with Gasteiger partial charge in [0, 0.05) is 10.9 Å². The molecule has 0 aromatic carbocycles. The molecule has 1 aromatic rings. The molecule has 0 spiro atoms. The van der Waals surface area contributed by atoms with Gasteiger partial charge in [-0.25, -0.2) is 8.42 Å². The van der Waals surface area contributed by atoms with Crippen molar-refractivity contribution in [1.29, 1.82) is 0 Å². The number of thiophene rings is 1. The maximum Gasteiger partial charge on any atom is 0.150 e. The van der Waals surface area contributed by atoms with Crippen LogP contribution in [0.4, 0.5) is 0 Å². The topological polar surface area (TPSA) is 72.2 Å². The molecule has 2 rings (SSSR count). The highest BCUT2D eigenvalue weighted by molar-refractivity contribution is 7.91. The molecule has 2 unspecified atom stereocenters. The van der Waals surface area contributed by atoms with Gasteiger partial charge in [0.15, 0.2) is 9.84 Å². The highest BCUT2D eigenvalue weighted by Gasteiger charge is 2.32. The van der Waals surface area contributed by atoms with E-state index in [1.165, 1.54) is 4.88 Å². The molecule has 0 saturated carbocycles. The van der Waals surface area contributed by atoms with E-state index in [0.29, 0.717) is 5.75 Å². The van der Waals surface area contributed by atoms with Gasteiger partial charge in [-0.2, -0.15) is 0 Å². The highest BCUT2D eigenvalue weighted by atomic mass is 32.2. The van der Waals surface area contributed by atoms with Crippen molar-refractivity contribution in [2.24, 2.45) is 11.8 Å². The lowest BCUT2D eigenvalue weighted by Gasteiger charge is -2.21. The van der Waals surface area contributed by atoms with Gasteiger partial charge in [-0.15, -0.1) is 11.3 Å². The molecule has 1 aromatic heterocycles. The molecule has 4 nitrogen and oxygen atoms in total. The van der Waals surface area contributed by atoms with Gasteiger partial charge in [0.2, 0.25) is 0 Å². The second-order valence-corrected chi connectivity index (χ2v) is 7.82. The molecule has 96 valence electrons. The molecule has 1 aliphatic rings. The Morgan fingerprint density at radius 1 is 1.59 bits per heavy atom. The molecule has 0 aliphatic carbocycles. The summed E-state index contributed by atoms with van der Waals surface area (Å²) in [5.41, 5.74) is 2.78. The van der Waals surface area contributed by atoms with E-state index in [4.69, 9.17) is 5.84 Å². The predicted molar refractivity (Wildman–Crippen MR) is 70.5 cm³/mol. The molecule has 0 bridgehead atoms. The van der Waals surface area contributed by atoms with Crippen LogP contribution in [0.1, 0.15) is 17.7 Å². The lowest BCUT2D eigenvalue weighted by molar-refractivity contribution is 0.367. The molecule has 1 fully saturated rings. The normalized spacial score (nSPS) is 24.9. The van der Waals surface area contributed by atoms with E-state index in [1.54, 1.807) is 11.3 Å². The van der Waals surface area contributed by atoms with E-state index < -0.39 is 9.84 Å². The number of hydrogen-bond acceptors (Lipinski definition) is 5. The zero-order valence-corrected chi connectivity index (χ0v) is 11.3. The maximum atomic E-state index is 11.4. The van der Waals surface area contributed by atoms with Gasteiger partial charge in [0.25, 0.3) is 0 Å². The Balaban J connectivity index is 1.89. The van der Waals surface area contributed by atoms with Crippen LogP contribution in [0.15, 0.2) is 17.5 Å². The lowest BCUT2D eigenvalue weighted by atomic mass is 9.95. The fourth-order valence-electron chi connectivity index (χ4n) is 2.35. The molecule has 0 amide bonds. The number of hydrogen-bond donors (Lipinski definition) is 2. The second kappa shape index (κ2) is 5.48. The Morgan fingerprint density at radius 3 is 2.94 bits per heavy atom. The van der Waals surface area contributed by atoms with Crippen molar-refractivity contribution < 1.29 is 8.42 Å². The third-order valence-corrected chi connectivity index (χ3v) is 6.06. The van der Waals surface area contributed by atoms with Crippen molar-refractivity contribution in [3.8, 4) is 0 Å². The van der Waals surface area contributed by atoms with Crippen LogP contribution in [0.25, 0.3) is 0 Å². The van der Waals surface area contributed by atoms with Crippen LogP contribution in [0.2, 0.25) is 0 Å². The van der Waals surface area contributed by atoms with Crippen molar-refractivity contribution in [3.63, 3.8) is 0 Å². The average molecular weight is 274 g/mol. The van der Waals surface area contributed by atoms with E-state index in [-0.39, 0.29) is 17.7 Å². The zero-order valence-electron chi connectivity index (χ0n) is 9.63. The van der Waals surface area contributed by atoms with Crippen LogP contribution in [0.5, 0.6) is 0 Å². The van der Waals surface area contributed by atoms with Crippen molar-refractivity contribution >= 4 is 21.2 Å². The first kappa shape index (κ1) is 13.0. The van der Waals surface area contributed by atoms with Crippen LogP contribution < -0.4 is 11.3 Å². The zero-order chi connectivity index (χ0) is 12.3. The van der Waals surface area contributed by atoms with Crippen LogP contribution in [0.3, 0.4) is 0 Å². The third-order valence-electron chi connectivity index (χ3n) is 3.33. The van der Waals surface area contributed by atoms with E-state index in [9.17, 15) is 8.42 Å². The second-order valence-electron chi connectivity index (χ2n) is 4.55. The van der Waals surface area contributed by atoms with Gasteiger partial charge in [0.05, 0.1) is 11.5 Å². The summed E-state index contributed by atoms with van der Waals surface area (Å²) in [5, 5.41) is 2.06. The summed E-state index contributed by atoms with van der Waals surface area (Å²) < 4.78 is 22.9. The fraction of sp³-hybridized carbons (Fsp3) is 0.636. The quantitative estimate of drug-likeness (QED) is 0.619. The number of sulfone groups is 1. The summed E-state index contributed by atoms with van der Waals surface area (Å²) in [6.07, 6.45) is 2.60. The van der Waals surface area contributed by atoms with Crippen molar-refractivity contribution in [3.05, 3.63) is 22.4 Å². The Morgan fingerprint density at radius 2 is 2.41 bits per heavy atom. The molecule has 17 heavy (non-hydrogen) atoms. The number of aryl methyl sites for hydroxylation is 1. The summed E-state index contributed by atoms with van der Waals surface area (Å²) >= 11 is 1.73. The Kier molecular flexibility index (Phi) is 4.19. The predicted octanol–water partition coefficient (Wildman–Crippen LogP) is 0.947. The molecule has 1 saturated heterocycles. The van der Waals surface area contributed by atoms with E-state index in [2.05, 4.69) is 16.9 Å². The summed E-state index contributed by atoms with van der Waals surface area (Å²) in [6.45, 7) is 0. The average Bonchev–Trinajstić information content (AvgIpc) is 2.89. The molecule has 6 heteroatoms. The molecule has 2 heterocycles. The molecule has 2 atom stereocenters.